The van der Waals surface area contributed by atoms with E-state index < -0.39 is 79.7 Å². The second-order valence-corrected chi connectivity index (χ2v) is 8.32. The molecule has 3 aliphatic rings. The Morgan fingerprint density at radius 2 is 1.87 bits per heavy atom. The van der Waals surface area contributed by atoms with Crippen LogP contribution >= 0.6 is 0 Å². The van der Waals surface area contributed by atoms with Gasteiger partial charge in [-0.1, -0.05) is 0 Å². The molecule has 0 aromatic carbocycles. The molecule has 0 aliphatic carbocycles. The number of rotatable bonds is 8. The van der Waals surface area contributed by atoms with Gasteiger partial charge in [0.15, 0.2) is 18.4 Å². The lowest BCUT2D eigenvalue weighted by Gasteiger charge is -2.42. The largest absolute Gasteiger partial charge is 0.394 e. The van der Waals surface area contributed by atoms with Crippen molar-refractivity contribution in [2.75, 3.05) is 19.8 Å². The van der Waals surface area contributed by atoms with Crippen LogP contribution in [-0.2, 0) is 33.2 Å². The van der Waals surface area contributed by atoms with Gasteiger partial charge in [-0.2, -0.15) is 0 Å². The maximum Gasteiger partial charge on any atom is 0.217 e. The Hall–Kier alpha value is -0.930. The van der Waals surface area contributed by atoms with Crippen LogP contribution in [0.2, 0.25) is 0 Å². The molecule has 12 nitrogen and oxygen atoms in total. The third-order valence-corrected chi connectivity index (χ3v) is 5.45. The molecule has 31 heavy (non-hydrogen) atoms. The van der Waals surface area contributed by atoms with Gasteiger partial charge in [0.1, 0.15) is 48.8 Å². The van der Waals surface area contributed by atoms with Gasteiger partial charge in [-0.05, 0) is 20.8 Å². The number of hydrogen-bond donors (Lipinski definition) is 5. The quantitative estimate of drug-likeness (QED) is 0.267. The van der Waals surface area contributed by atoms with Crippen molar-refractivity contribution in [2.24, 2.45) is 0 Å². The molecule has 0 aromatic heterocycles. The topological polar surface area (TPSA) is 165 Å². The monoisotopic (exact) mass is 451 g/mol. The number of ether oxygens (including phenoxy) is 6. The molecule has 10 atom stereocenters. The molecular weight excluding hydrogens is 418 g/mol. The van der Waals surface area contributed by atoms with Crippen molar-refractivity contribution in [3.8, 4) is 0 Å². The molecule has 0 saturated carbocycles. The van der Waals surface area contributed by atoms with E-state index in [1.807, 2.05) is 6.92 Å². The van der Waals surface area contributed by atoms with Gasteiger partial charge in [0.25, 0.3) is 0 Å². The summed E-state index contributed by atoms with van der Waals surface area (Å²) in [6.07, 6.45) is -9.07. The molecule has 3 aliphatic heterocycles. The van der Waals surface area contributed by atoms with Crippen LogP contribution in [0, 0.1) is 0 Å². The van der Waals surface area contributed by atoms with E-state index >= 15 is 0 Å². The lowest BCUT2D eigenvalue weighted by molar-refractivity contribution is -0.280. The van der Waals surface area contributed by atoms with E-state index in [1.54, 1.807) is 13.8 Å². The predicted octanol–water partition coefficient (Wildman–Crippen LogP) is -2.41. The van der Waals surface area contributed by atoms with Crippen LogP contribution in [0.4, 0.5) is 0 Å². The maximum absolute atomic E-state index is 11.5. The van der Waals surface area contributed by atoms with Crippen LogP contribution in [0.15, 0.2) is 0 Å². The van der Waals surface area contributed by atoms with Gasteiger partial charge in [-0.15, -0.1) is 0 Å². The molecule has 0 spiro atoms. The summed E-state index contributed by atoms with van der Waals surface area (Å²) in [5.74, 6) is -1.31. The van der Waals surface area contributed by atoms with Gasteiger partial charge in [0.2, 0.25) is 5.91 Å². The van der Waals surface area contributed by atoms with Crippen molar-refractivity contribution in [2.45, 2.75) is 94.8 Å². The third kappa shape index (κ3) is 5.36. The van der Waals surface area contributed by atoms with E-state index in [0.29, 0.717) is 6.61 Å². The number of aliphatic hydroxyl groups excluding tert-OH is 4. The highest BCUT2D eigenvalue weighted by atomic mass is 16.8. The molecule has 1 amide bonds. The highest BCUT2D eigenvalue weighted by Gasteiger charge is 2.57. The lowest BCUT2D eigenvalue weighted by atomic mass is 9.97. The number of hydrogen-bond acceptors (Lipinski definition) is 11. The van der Waals surface area contributed by atoms with Gasteiger partial charge < -0.3 is 54.2 Å². The fourth-order valence-corrected chi connectivity index (χ4v) is 4.10. The number of fused-ring (bicyclic) bond motifs is 1. The molecule has 3 heterocycles. The molecular formula is C19H33NO11. The Morgan fingerprint density at radius 1 is 1.16 bits per heavy atom. The molecule has 0 bridgehead atoms. The molecule has 180 valence electrons. The average Bonchev–Trinajstić information content (AvgIpc) is 3.17. The molecule has 5 N–H and O–H groups in total. The van der Waals surface area contributed by atoms with Crippen LogP contribution in [0.1, 0.15) is 27.7 Å². The highest BCUT2D eigenvalue weighted by Crippen LogP contribution is 2.39. The first kappa shape index (κ1) is 24.7. The lowest BCUT2D eigenvalue weighted by Crippen LogP contribution is -2.64. The van der Waals surface area contributed by atoms with Crippen molar-refractivity contribution in [3.05, 3.63) is 0 Å². The summed E-state index contributed by atoms with van der Waals surface area (Å²) < 4.78 is 34.2. The molecule has 0 radical (unpaired) electrons. The first-order chi connectivity index (χ1) is 14.6. The van der Waals surface area contributed by atoms with Crippen LogP contribution in [0.3, 0.4) is 0 Å². The summed E-state index contributed by atoms with van der Waals surface area (Å²) >= 11 is 0. The average molecular weight is 451 g/mol. The number of nitrogens with one attached hydrogen (secondary N) is 1. The molecule has 3 saturated heterocycles. The number of aliphatic hydroxyl groups is 4. The molecule has 12 heteroatoms. The Balaban J connectivity index is 1.65. The van der Waals surface area contributed by atoms with Crippen molar-refractivity contribution in [1.29, 1.82) is 0 Å². The molecule has 3 fully saturated rings. The van der Waals surface area contributed by atoms with E-state index in [9.17, 15) is 25.2 Å². The van der Waals surface area contributed by atoms with Crippen molar-refractivity contribution >= 4 is 5.91 Å². The van der Waals surface area contributed by atoms with Gasteiger partial charge in [-0.3, -0.25) is 4.79 Å². The normalized spacial score (nSPS) is 42.9. The highest BCUT2D eigenvalue weighted by molar-refractivity contribution is 5.73. The van der Waals surface area contributed by atoms with Crippen LogP contribution in [0.5, 0.6) is 0 Å². The minimum Gasteiger partial charge on any atom is -0.394 e. The molecule has 10 unspecified atom stereocenters. The van der Waals surface area contributed by atoms with Gasteiger partial charge in [0, 0.05) is 13.5 Å². The van der Waals surface area contributed by atoms with Crippen molar-refractivity contribution < 1.29 is 53.6 Å². The Labute approximate surface area is 180 Å². The Kier molecular flexibility index (Phi) is 7.90. The summed E-state index contributed by atoms with van der Waals surface area (Å²) in [5.41, 5.74) is 0. The summed E-state index contributed by atoms with van der Waals surface area (Å²) in [7, 11) is 0. The number of amides is 1. The fourth-order valence-electron chi connectivity index (χ4n) is 4.10. The van der Waals surface area contributed by atoms with E-state index in [4.69, 9.17) is 28.4 Å². The molecule has 0 aromatic rings. The standard InChI is InChI=1S/C19H33NO11/c1-5-26-15-14(29-18-16(15)30-19(3,4)31-18)9(23)7-27-17-11(20-8(2)22)13(25)12(24)10(6-21)28-17/h9-18,21,23-25H,5-7H2,1-4H3,(H,20,22). The van der Waals surface area contributed by atoms with Gasteiger partial charge >= 0.3 is 0 Å². The van der Waals surface area contributed by atoms with Crippen molar-refractivity contribution in [1.82, 2.24) is 5.32 Å². The van der Waals surface area contributed by atoms with E-state index in [2.05, 4.69) is 5.32 Å². The van der Waals surface area contributed by atoms with E-state index in [-0.39, 0.29) is 6.61 Å². The van der Waals surface area contributed by atoms with Crippen molar-refractivity contribution in [3.63, 3.8) is 0 Å². The second-order valence-electron chi connectivity index (χ2n) is 8.32. The summed E-state index contributed by atoms with van der Waals surface area (Å²) in [6.45, 7) is 6.05. The Morgan fingerprint density at radius 3 is 2.48 bits per heavy atom. The Bertz CT molecular complexity index is 620. The van der Waals surface area contributed by atoms with E-state index in [0.717, 1.165) is 0 Å². The third-order valence-electron chi connectivity index (χ3n) is 5.45. The van der Waals surface area contributed by atoms with Crippen LogP contribution < -0.4 is 5.32 Å². The number of carbonyl (C=O) groups is 1. The zero-order valence-corrected chi connectivity index (χ0v) is 18.0. The zero-order chi connectivity index (χ0) is 22.9. The summed E-state index contributed by atoms with van der Waals surface area (Å²) in [4.78, 5) is 11.5. The predicted molar refractivity (Wildman–Crippen MR) is 101 cm³/mol. The SMILES string of the molecule is CCOC1C(C(O)COC2OC(CO)C(O)C(O)C2NC(C)=O)OC2OC(C)(C)OC21. The fraction of sp³-hybridized carbons (Fsp3) is 0.947. The maximum atomic E-state index is 11.5. The second kappa shape index (κ2) is 9.91. The van der Waals surface area contributed by atoms with Crippen LogP contribution in [-0.4, -0.2) is 113 Å². The smallest absolute Gasteiger partial charge is 0.217 e. The van der Waals surface area contributed by atoms with Crippen LogP contribution in [0.25, 0.3) is 0 Å². The van der Waals surface area contributed by atoms with Gasteiger partial charge in [-0.25, -0.2) is 0 Å². The minimum atomic E-state index is -1.45. The first-order valence-electron chi connectivity index (χ1n) is 10.4. The first-order valence-corrected chi connectivity index (χ1v) is 10.4. The summed E-state index contributed by atoms with van der Waals surface area (Å²) in [5, 5.41) is 43.0. The number of carbonyl (C=O) groups excluding carboxylic acids is 1. The summed E-state index contributed by atoms with van der Waals surface area (Å²) in [6, 6.07) is -1.11. The zero-order valence-electron chi connectivity index (χ0n) is 18.0. The van der Waals surface area contributed by atoms with Gasteiger partial charge in [0.05, 0.1) is 13.2 Å². The minimum absolute atomic E-state index is 0.307. The molecule has 3 rings (SSSR count). The van der Waals surface area contributed by atoms with E-state index in [1.165, 1.54) is 6.92 Å².